The fourth-order valence-corrected chi connectivity index (χ4v) is 2.06. The molecule has 1 unspecified atom stereocenters. The molecule has 0 spiro atoms. The first-order valence-corrected chi connectivity index (χ1v) is 5.97. The molecule has 98 valence electrons. The quantitative estimate of drug-likeness (QED) is 0.653. The summed E-state index contributed by atoms with van der Waals surface area (Å²) in [5.74, 6) is -1.04. The summed E-state index contributed by atoms with van der Waals surface area (Å²) < 4.78 is 0. The Bertz CT molecular complexity index is 283. The minimum absolute atomic E-state index is 0.123. The summed E-state index contributed by atoms with van der Waals surface area (Å²) in [6.07, 6.45) is 3.30. The van der Waals surface area contributed by atoms with Gasteiger partial charge < -0.3 is 20.4 Å². The van der Waals surface area contributed by atoms with Crippen LogP contribution in [0.1, 0.15) is 32.6 Å². The molecule has 6 heteroatoms. The number of amides is 2. The minimum atomic E-state index is -1.04. The van der Waals surface area contributed by atoms with Gasteiger partial charge in [-0.05, 0) is 32.6 Å². The topological polar surface area (TPSA) is 89.9 Å². The van der Waals surface area contributed by atoms with Crippen LogP contribution in [0.5, 0.6) is 0 Å². The molecule has 2 amide bonds. The standard InChI is InChI=1S/C11H20N2O4/c1-8(10(15)16)12-11(17)13-6-2-4-9(13)5-3-7-14/h8-9,14H,2-7H2,1H3,(H,12,17)(H,15,16)/t8-,9?/m1/s1. The van der Waals surface area contributed by atoms with E-state index in [2.05, 4.69) is 5.32 Å². The first-order chi connectivity index (χ1) is 8.06. The SMILES string of the molecule is C[C@@H](NC(=O)N1CCCC1CCCO)C(=O)O. The Morgan fingerprint density at radius 2 is 2.24 bits per heavy atom. The second-order valence-corrected chi connectivity index (χ2v) is 4.36. The van der Waals surface area contributed by atoms with Crippen LogP contribution in [0.3, 0.4) is 0 Å². The largest absolute Gasteiger partial charge is 0.480 e. The molecule has 1 fully saturated rings. The van der Waals surface area contributed by atoms with Crippen molar-refractivity contribution in [2.24, 2.45) is 0 Å². The summed E-state index contributed by atoms with van der Waals surface area (Å²) in [5, 5.41) is 19.9. The molecule has 0 radical (unpaired) electrons. The number of hydrogen-bond donors (Lipinski definition) is 3. The number of hydrogen-bond acceptors (Lipinski definition) is 3. The number of carbonyl (C=O) groups excluding carboxylic acids is 1. The van der Waals surface area contributed by atoms with Crippen molar-refractivity contribution < 1.29 is 19.8 Å². The zero-order chi connectivity index (χ0) is 12.8. The van der Waals surface area contributed by atoms with Crippen LogP contribution in [0.2, 0.25) is 0 Å². The Balaban J connectivity index is 2.46. The number of carboxylic acid groups (broad SMARTS) is 1. The maximum absolute atomic E-state index is 11.8. The second-order valence-electron chi connectivity index (χ2n) is 4.36. The van der Waals surface area contributed by atoms with E-state index < -0.39 is 12.0 Å². The van der Waals surface area contributed by atoms with Gasteiger partial charge in [0.05, 0.1) is 0 Å². The first kappa shape index (κ1) is 13.8. The van der Waals surface area contributed by atoms with Gasteiger partial charge in [0.1, 0.15) is 6.04 Å². The third-order valence-corrected chi connectivity index (χ3v) is 3.04. The predicted octanol–water partition coefficient (Wildman–Crippen LogP) is 0.406. The van der Waals surface area contributed by atoms with Gasteiger partial charge in [-0.25, -0.2) is 4.79 Å². The Kier molecular flexibility index (Phi) is 5.21. The number of aliphatic carboxylic acids is 1. The molecule has 0 aliphatic carbocycles. The molecule has 0 aromatic heterocycles. The van der Waals surface area contributed by atoms with Crippen molar-refractivity contribution in [3.05, 3.63) is 0 Å². The lowest BCUT2D eigenvalue weighted by Crippen LogP contribution is -2.48. The van der Waals surface area contributed by atoms with Crippen LogP contribution in [0.15, 0.2) is 0 Å². The van der Waals surface area contributed by atoms with Crippen molar-refractivity contribution in [1.29, 1.82) is 0 Å². The molecule has 1 saturated heterocycles. The molecule has 0 aromatic rings. The third-order valence-electron chi connectivity index (χ3n) is 3.04. The van der Waals surface area contributed by atoms with Crippen LogP contribution in [0.4, 0.5) is 4.79 Å². The molecule has 2 atom stereocenters. The molecule has 0 saturated carbocycles. The lowest BCUT2D eigenvalue weighted by atomic mass is 10.1. The molecule has 1 aliphatic heterocycles. The van der Waals surface area contributed by atoms with E-state index >= 15 is 0 Å². The number of aliphatic hydroxyl groups excluding tert-OH is 1. The smallest absolute Gasteiger partial charge is 0.325 e. The summed E-state index contributed by atoms with van der Waals surface area (Å²) >= 11 is 0. The summed E-state index contributed by atoms with van der Waals surface area (Å²) in [6.45, 7) is 2.23. The van der Waals surface area contributed by atoms with Gasteiger partial charge in [0.15, 0.2) is 0 Å². The maximum Gasteiger partial charge on any atom is 0.325 e. The van der Waals surface area contributed by atoms with E-state index in [1.54, 1.807) is 4.90 Å². The third kappa shape index (κ3) is 3.89. The maximum atomic E-state index is 11.8. The van der Waals surface area contributed by atoms with E-state index in [1.165, 1.54) is 6.92 Å². The lowest BCUT2D eigenvalue weighted by Gasteiger charge is -2.25. The molecule has 0 aromatic carbocycles. The predicted molar refractivity (Wildman–Crippen MR) is 61.7 cm³/mol. The summed E-state index contributed by atoms with van der Waals surface area (Å²) in [4.78, 5) is 24.1. The Hall–Kier alpha value is -1.30. The monoisotopic (exact) mass is 244 g/mol. The number of carbonyl (C=O) groups is 2. The Morgan fingerprint density at radius 1 is 1.53 bits per heavy atom. The van der Waals surface area contributed by atoms with Gasteiger partial charge in [-0.1, -0.05) is 0 Å². The first-order valence-electron chi connectivity index (χ1n) is 5.97. The molecule has 1 heterocycles. The average molecular weight is 244 g/mol. The number of likely N-dealkylation sites (tertiary alicyclic amines) is 1. The van der Waals surface area contributed by atoms with Crippen molar-refractivity contribution in [1.82, 2.24) is 10.2 Å². The minimum Gasteiger partial charge on any atom is -0.480 e. The van der Waals surface area contributed by atoms with Gasteiger partial charge in [-0.2, -0.15) is 0 Å². The van der Waals surface area contributed by atoms with E-state index in [4.69, 9.17) is 10.2 Å². The van der Waals surface area contributed by atoms with E-state index in [-0.39, 0.29) is 18.7 Å². The molecular formula is C11H20N2O4. The molecule has 1 rings (SSSR count). The lowest BCUT2D eigenvalue weighted by molar-refractivity contribution is -0.138. The van der Waals surface area contributed by atoms with Crippen LogP contribution in [-0.4, -0.2) is 52.3 Å². The van der Waals surface area contributed by atoms with Gasteiger partial charge in [0.2, 0.25) is 0 Å². The van der Waals surface area contributed by atoms with Crippen molar-refractivity contribution in [2.75, 3.05) is 13.2 Å². The number of aliphatic hydroxyl groups is 1. The van der Waals surface area contributed by atoms with Gasteiger partial charge in [-0.15, -0.1) is 0 Å². The van der Waals surface area contributed by atoms with Crippen molar-refractivity contribution in [3.63, 3.8) is 0 Å². The van der Waals surface area contributed by atoms with Gasteiger partial charge in [-0.3, -0.25) is 4.79 Å². The highest BCUT2D eigenvalue weighted by molar-refractivity contribution is 5.82. The highest BCUT2D eigenvalue weighted by atomic mass is 16.4. The highest BCUT2D eigenvalue weighted by Crippen LogP contribution is 2.21. The Morgan fingerprint density at radius 3 is 2.82 bits per heavy atom. The summed E-state index contributed by atoms with van der Waals surface area (Å²) in [6, 6.07) is -1.06. The number of carboxylic acids is 1. The van der Waals surface area contributed by atoms with E-state index in [0.29, 0.717) is 13.0 Å². The fraction of sp³-hybridized carbons (Fsp3) is 0.818. The summed E-state index contributed by atoms with van der Waals surface area (Å²) in [5.41, 5.74) is 0. The summed E-state index contributed by atoms with van der Waals surface area (Å²) in [7, 11) is 0. The van der Waals surface area contributed by atoms with Gasteiger partial charge in [0, 0.05) is 19.2 Å². The fourth-order valence-electron chi connectivity index (χ4n) is 2.06. The van der Waals surface area contributed by atoms with Crippen LogP contribution >= 0.6 is 0 Å². The molecule has 0 bridgehead atoms. The highest BCUT2D eigenvalue weighted by Gasteiger charge is 2.29. The molecular weight excluding hydrogens is 224 g/mol. The van der Waals surface area contributed by atoms with E-state index in [9.17, 15) is 9.59 Å². The van der Waals surface area contributed by atoms with Crippen molar-refractivity contribution in [2.45, 2.75) is 44.7 Å². The van der Waals surface area contributed by atoms with Crippen LogP contribution in [0.25, 0.3) is 0 Å². The van der Waals surface area contributed by atoms with Crippen molar-refractivity contribution in [3.8, 4) is 0 Å². The van der Waals surface area contributed by atoms with E-state index in [1.807, 2.05) is 0 Å². The molecule has 6 nitrogen and oxygen atoms in total. The molecule has 1 aliphatic rings. The Labute approximate surface area is 101 Å². The normalized spacial score (nSPS) is 21.3. The van der Waals surface area contributed by atoms with Crippen LogP contribution < -0.4 is 5.32 Å². The molecule has 3 N–H and O–H groups in total. The average Bonchev–Trinajstić information content (AvgIpc) is 2.74. The number of nitrogens with one attached hydrogen (secondary N) is 1. The number of nitrogens with zero attached hydrogens (tertiary/aromatic N) is 1. The van der Waals surface area contributed by atoms with E-state index in [0.717, 1.165) is 19.3 Å². The number of rotatable bonds is 5. The number of urea groups is 1. The van der Waals surface area contributed by atoms with Crippen LogP contribution in [0, 0.1) is 0 Å². The van der Waals surface area contributed by atoms with Gasteiger partial charge >= 0.3 is 12.0 Å². The second kappa shape index (κ2) is 6.44. The van der Waals surface area contributed by atoms with Crippen molar-refractivity contribution >= 4 is 12.0 Å². The molecule has 17 heavy (non-hydrogen) atoms. The zero-order valence-corrected chi connectivity index (χ0v) is 10.1. The van der Waals surface area contributed by atoms with Gasteiger partial charge in [0.25, 0.3) is 0 Å². The van der Waals surface area contributed by atoms with Crippen LogP contribution in [-0.2, 0) is 4.79 Å². The zero-order valence-electron chi connectivity index (χ0n) is 10.1.